The molecule has 0 atom stereocenters. The van der Waals surface area contributed by atoms with Crippen LogP contribution in [-0.2, 0) is 16.6 Å². The minimum absolute atomic E-state index is 0.0831. The van der Waals surface area contributed by atoms with E-state index in [1.165, 1.54) is 16.4 Å². The van der Waals surface area contributed by atoms with Gasteiger partial charge in [0.25, 0.3) is 15.9 Å². The topological polar surface area (TPSA) is 57.7 Å². The Morgan fingerprint density at radius 3 is 2.27 bits per heavy atom. The molecule has 7 heteroatoms. The van der Waals surface area contributed by atoms with Gasteiger partial charge in [0, 0.05) is 23.7 Å². The smallest absolute Gasteiger partial charge is 0.264 e. The van der Waals surface area contributed by atoms with Gasteiger partial charge in [-0.3, -0.25) is 9.10 Å². The molecule has 30 heavy (non-hydrogen) atoms. The van der Waals surface area contributed by atoms with Crippen molar-refractivity contribution in [2.24, 2.45) is 0 Å². The fourth-order valence-electron chi connectivity index (χ4n) is 3.29. The number of likely N-dealkylation sites (tertiary alicyclic amines) is 1. The summed E-state index contributed by atoms with van der Waals surface area (Å²) in [5.41, 5.74) is 1.73. The molecule has 3 aromatic carbocycles. The highest BCUT2D eigenvalue weighted by Gasteiger charge is 2.28. The van der Waals surface area contributed by atoms with Crippen LogP contribution < -0.4 is 4.31 Å². The first kappa shape index (κ1) is 20.4. The first-order valence-electron chi connectivity index (χ1n) is 9.67. The van der Waals surface area contributed by atoms with E-state index in [4.69, 9.17) is 11.6 Å². The average molecular weight is 441 g/mol. The number of rotatable bonds is 6. The molecule has 1 heterocycles. The molecule has 1 fully saturated rings. The van der Waals surface area contributed by atoms with Crippen LogP contribution in [0.15, 0.2) is 83.8 Å². The van der Waals surface area contributed by atoms with Gasteiger partial charge in [-0.25, -0.2) is 8.42 Å². The Bertz CT molecular complexity index is 1140. The number of hydrogen-bond donors (Lipinski definition) is 0. The maximum atomic E-state index is 13.6. The molecule has 0 aliphatic carbocycles. The average Bonchev–Trinajstić information content (AvgIpc) is 2.72. The Kier molecular flexibility index (Phi) is 5.79. The van der Waals surface area contributed by atoms with E-state index < -0.39 is 10.0 Å². The minimum atomic E-state index is -3.92. The van der Waals surface area contributed by atoms with Gasteiger partial charge in [0.15, 0.2) is 0 Å². The molecular formula is C23H21ClN2O3S. The summed E-state index contributed by atoms with van der Waals surface area (Å²) in [7, 11) is -3.92. The second kappa shape index (κ2) is 8.50. The highest BCUT2D eigenvalue weighted by atomic mass is 35.5. The van der Waals surface area contributed by atoms with Gasteiger partial charge in [-0.1, -0.05) is 48.0 Å². The summed E-state index contributed by atoms with van der Waals surface area (Å²) in [4.78, 5) is 14.4. The molecule has 1 aliphatic heterocycles. The predicted molar refractivity (Wildman–Crippen MR) is 118 cm³/mol. The summed E-state index contributed by atoms with van der Waals surface area (Å²) in [6.07, 6.45) is 0.977. The molecule has 0 N–H and O–H groups in total. The van der Waals surface area contributed by atoms with Crippen LogP contribution in [0.5, 0.6) is 0 Å². The molecule has 0 saturated carbocycles. The molecule has 4 rings (SSSR count). The lowest BCUT2D eigenvalue weighted by Gasteiger charge is -2.31. The van der Waals surface area contributed by atoms with E-state index in [0.29, 0.717) is 29.4 Å². The van der Waals surface area contributed by atoms with Crippen LogP contribution in [-0.4, -0.2) is 32.3 Å². The summed E-state index contributed by atoms with van der Waals surface area (Å²) in [6.45, 7) is 1.58. The van der Waals surface area contributed by atoms with Gasteiger partial charge in [-0.05, 0) is 54.4 Å². The summed E-state index contributed by atoms with van der Waals surface area (Å²) in [5, 5.41) is 0.526. The van der Waals surface area contributed by atoms with E-state index in [2.05, 4.69) is 0 Å². The largest absolute Gasteiger partial charge is 0.339 e. The molecule has 0 bridgehead atoms. The second-order valence-corrected chi connectivity index (χ2v) is 9.45. The monoisotopic (exact) mass is 440 g/mol. The van der Waals surface area contributed by atoms with Crippen molar-refractivity contribution in [3.63, 3.8) is 0 Å². The molecule has 1 amide bonds. The Hall–Kier alpha value is -2.83. The number of hydrogen-bond acceptors (Lipinski definition) is 3. The lowest BCUT2D eigenvalue weighted by Crippen LogP contribution is -2.42. The first-order valence-corrected chi connectivity index (χ1v) is 11.5. The fourth-order valence-corrected chi connectivity index (χ4v) is 4.92. The number of carbonyl (C=O) groups excluding carboxylic acids is 1. The van der Waals surface area contributed by atoms with Crippen LogP contribution in [0.1, 0.15) is 22.3 Å². The van der Waals surface area contributed by atoms with E-state index in [-0.39, 0.29) is 17.3 Å². The molecular weight excluding hydrogens is 420 g/mol. The molecule has 5 nitrogen and oxygen atoms in total. The molecule has 0 radical (unpaired) electrons. The van der Waals surface area contributed by atoms with Crippen LogP contribution in [0.3, 0.4) is 0 Å². The second-order valence-electron chi connectivity index (χ2n) is 7.15. The van der Waals surface area contributed by atoms with Crippen LogP contribution in [0, 0.1) is 0 Å². The molecule has 1 saturated heterocycles. The summed E-state index contributed by atoms with van der Waals surface area (Å²) in [5.74, 6) is -0.139. The zero-order valence-electron chi connectivity index (χ0n) is 16.2. The van der Waals surface area contributed by atoms with Crippen molar-refractivity contribution in [1.82, 2.24) is 4.90 Å². The van der Waals surface area contributed by atoms with Crippen molar-refractivity contribution < 1.29 is 13.2 Å². The van der Waals surface area contributed by atoms with Gasteiger partial charge in [0.05, 0.1) is 17.1 Å². The van der Waals surface area contributed by atoms with E-state index in [9.17, 15) is 13.2 Å². The summed E-state index contributed by atoms with van der Waals surface area (Å²) < 4.78 is 28.6. The molecule has 0 aromatic heterocycles. The van der Waals surface area contributed by atoms with E-state index >= 15 is 0 Å². The number of amides is 1. The van der Waals surface area contributed by atoms with Crippen LogP contribution in [0.25, 0.3) is 0 Å². The lowest BCUT2D eigenvalue weighted by molar-refractivity contribution is 0.0651. The number of anilines is 1. The van der Waals surface area contributed by atoms with Crippen LogP contribution in [0.4, 0.5) is 5.69 Å². The lowest BCUT2D eigenvalue weighted by atomic mass is 10.1. The maximum Gasteiger partial charge on any atom is 0.264 e. The SMILES string of the molecule is O=C(c1cccc(S(=O)(=O)N(Cc2ccccc2)c2ccc(Cl)cc2)c1)N1CCC1. The molecule has 154 valence electrons. The zero-order chi connectivity index (χ0) is 21.1. The molecule has 0 unspecified atom stereocenters. The van der Waals surface area contributed by atoms with Crippen molar-refractivity contribution in [3.05, 3.63) is 95.0 Å². The number of carbonyl (C=O) groups is 1. The summed E-state index contributed by atoms with van der Waals surface area (Å²) in [6, 6.07) is 22.3. The Morgan fingerprint density at radius 1 is 0.933 bits per heavy atom. The van der Waals surface area contributed by atoms with Gasteiger partial charge < -0.3 is 4.90 Å². The van der Waals surface area contributed by atoms with Crippen molar-refractivity contribution >= 4 is 33.2 Å². The normalized spacial score (nSPS) is 13.6. The summed E-state index contributed by atoms with van der Waals surface area (Å²) >= 11 is 6.00. The third kappa shape index (κ3) is 4.20. The third-order valence-corrected chi connectivity index (χ3v) is 7.12. The standard InChI is InChI=1S/C23H21ClN2O3S/c24-20-10-12-21(13-11-20)26(17-18-6-2-1-3-7-18)30(28,29)22-9-4-8-19(16-22)23(27)25-14-5-15-25/h1-4,6-13,16H,5,14-15,17H2. The fraction of sp³-hybridized carbons (Fsp3) is 0.174. The van der Waals surface area contributed by atoms with Crippen molar-refractivity contribution in [3.8, 4) is 0 Å². The Morgan fingerprint density at radius 2 is 1.63 bits per heavy atom. The van der Waals surface area contributed by atoms with Crippen molar-refractivity contribution in [2.75, 3.05) is 17.4 Å². The van der Waals surface area contributed by atoms with Crippen molar-refractivity contribution in [2.45, 2.75) is 17.9 Å². The van der Waals surface area contributed by atoms with Crippen molar-refractivity contribution in [1.29, 1.82) is 0 Å². The predicted octanol–water partition coefficient (Wildman–Crippen LogP) is 4.58. The van der Waals surface area contributed by atoms with Gasteiger partial charge in [-0.2, -0.15) is 0 Å². The highest BCUT2D eigenvalue weighted by Crippen LogP contribution is 2.28. The van der Waals surface area contributed by atoms with E-state index in [1.54, 1.807) is 41.3 Å². The molecule has 3 aromatic rings. The van der Waals surface area contributed by atoms with E-state index in [1.807, 2.05) is 30.3 Å². The first-order chi connectivity index (χ1) is 14.4. The number of sulfonamides is 1. The van der Waals surface area contributed by atoms with Gasteiger partial charge in [-0.15, -0.1) is 0 Å². The van der Waals surface area contributed by atoms with E-state index in [0.717, 1.165) is 12.0 Å². The number of halogens is 1. The highest BCUT2D eigenvalue weighted by molar-refractivity contribution is 7.92. The maximum absolute atomic E-state index is 13.6. The Balaban J connectivity index is 1.73. The Labute approximate surface area is 181 Å². The molecule has 0 spiro atoms. The van der Waals surface area contributed by atoms with Gasteiger partial charge in [0.1, 0.15) is 0 Å². The minimum Gasteiger partial charge on any atom is -0.339 e. The van der Waals surface area contributed by atoms with Crippen LogP contribution in [0.2, 0.25) is 5.02 Å². The zero-order valence-corrected chi connectivity index (χ0v) is 17.8. The quantitative estimate of drug-likeness (QED) is 0.563. The third-order valence-electron chi connectivity index (χ3n) is 5.10. The van der Waals surface area contributed by atoms with Gasteiger partial charge in [0.2, 0.25) is 0 Å². The molecule has 1 aliphatic rings. The number of benzene rings is 3. The van der Waals surface area contributed by atoms with Gasteiger partial charge >= 0.3 is 0 Å². The number of nitrogens with zero attached hydrogens (tertiary/aromatic N) is 2. The van der Waals surface area contributed by atoms with Crippen LogP contribution >= 0.6 is 11.6 Å².